The Labute approximate surface area is 221 Å². The number of nitrogens with zero attached hydrogens (tertiary/aromatic N) is 2. The van der Waals surface area contributed by atoms with Gasteiger partial charge in [0.15, 0.2) is 0 Å². The highest BCUT2D eigenvalue weighted by atomic mass is 32.1. The van der Waals surface area contributed by atoms with Gasteiger partial charge in [-0.15, -0.1) is 22.7 Å². The highest BCUT2D eigenvalue weighted by Crippen LogP contribution is 2.49. The lowest BCUT2D eigenvalue weighted by molar-refractivity contribution is -0.170. The summed E-state index contributed by atoms with van der Waals surface area (Å²) in [7, 11) is 2.19. The first-order valence-corrected chi connectivity index (χ1v) is 14.5. The largest absolute Gasteiger partial charge is 0.459 e. The third-order valence-corrected chi connectivity index (χ3v) is 9.92. The van der Waals surface area contributed by atoms with Gasteiger partial charge in [0.1, 0.15) is 6.10 Å². The number of thiophene rings is 2. The molecular weight excluding hydrogens is 488 g/mol. The summed E-state index contributed by atoms with van der Waals surface area (Å²) in [5.41, 5.74) is 0.235. The van der Waals surface area contributed by atoms with Gasteiger partial charge >= 0.3 is 5.97 Å². The van der Waals surface area contributed by atoms with Crippen molar-refractivity contribution in [3.8, 4) is 6.07 Å². The molecule has 2 heterocycles. The van der Waals surface area contributed by atoms with E-state index in [1.807, 2.05) is 59.3 Å². The van der Waals surface area contributed by atoms with Gasteiger partial charge in [-0.3, -0.25) is 0 Å². The summed E-state index contributed by atoms with van der Waals surface area (Å²) in [6.07, 6.45) is 6.29. The molecule has 0 radical (unpaired) electrons. The Bertz CT molecular complexity index is 1150. The molecule has 2 bridgehead atoms. The van der Waals surface area contributed by atoms with E-state index in [9.17, 15) is 9.90 Å². The molecule has 1 aromatic carbocycles. The molecule has 3 aromatic rings. The molecular formula is C29H32N2O3S2. The summed E-state index contributed by atoms with van der Waals surface area (Å²) in [5.74, 6) is 0.138. The summed E-state index contributed by atoms with van der Waals surface area (Å²) >= 11 is 2.76. The van der Waals surface area contributed by atoms with Gasteiger partial charge in [0, 0.05) is 12.0 Å². The van der Waals surface area contributed by atoms with E-state index < -0.39 is 11.6 Å². The maximum Gasteiger partial charge on any atom is 0.349 e. The molecule has 0 spiro atoms. The van der Waals surface area contributed by atoms with Gasteiger partial charge in [-0.2, -0.15) is 5.26 Å². The molecule has 36 heavy (non-hydrogen) atoms. The fraction of sp³-hybridized carbons (Fsp3) is 0.448. The number of carbonyl (C=O) groups is 1. The molecule has 2 aromatic heterocycles. The summed E-state index contributed by atoms with van der Waals surface area (Å²) in [6, 6.07) is 17.8. The number of rotatable bonds is 10. The molecule has 2 saturated carbocycles. The number of esters is 1. The highest BCUT2D eigenvalue weighted by Gasteiger charge is 2.54. The van der Waals surface area contributed by atoms with Crippen molar-refractivity contribution in [2.45, 2.75) is 56.3 Å². The molecule has 5 nitrogen and oxygen atoms in total. The van der Waals surface area contributed by atoms with Crippen LogP contribution in [0.4, 0.5) is 0 Å². The number of fused-ring (bicyclic) bond motifs is 2. The SMILES string of the molecule is CN(CCCCc1ccc(C#N)cc1)C1CC2CCC1C2OC(=O)C(O)(c1cccs1)c1cccs1. The molecule has 2 aliphatic rings. The van der Waals surface area contributed by atoms with Crippen molar-refractivity contribution in [1.29, 1.82) is 5.26 Å². The highest BCUT2D eigenvalue weighted by molar-refractivity contribution is 7.12. The Morgan fingerprint density at radius 2 is 1.81 bits per heavy atom. The summed E-state index contributed by atoms with van der Waals surface area (Å²) in [6.45, 7) is 1.01. The van der Waals surface area contributed by atoms with Crippen LogP contribution in [0, 0.1) is 23.2 Å². The van der Waals surface area contributed by atoms with Gasteiger partial charge in [0.05, 0.1) is 21.4 Å². The van der Waals surface area contributed by atoms with Gasteiger partial charge in [0.25, 0.3) is 0 Å². The molecule has 0 amide bonds. The van der Waals surface area contributed by atoms with Gasteiger partial charge < -0.3 is 14.7 Å². The number of aryl methyl sites for hydroxylation is 1. The van der Waals surface area contributed by atoms with Crippen LogP contribution in [0.15, 0.2) is 59.3 Å². The summed E-state index contributed by atoms with van der Waals surface area (Å²) in [4.78, 5) is 17.2. The van der Waals surface area contributed by atoms with Crippen molar-refractivity contribution < 1.29 is 14.6 Å². The van der Waals surface area contributed by atoms with Crippen LogP contribution < -0.4 is 0 Å². The first-order valence-electron chi connectivity index (χ1n) is 12.7. The average Bonchev–Trinajstić information content (AvgIpc) is 3.72. The molecule has 0 saturated heterocycles. The minimum absolute atomic E-state index is 0.130. The van der Waals surface area contributed by atoms with E-state index in [0.717, 1.165) is 45.1 Å². The zero-order valence-corrected chi connectivity index (χ0v) is 22.1. The van der Waals surface area contributed by atoms with Crippen molar-refractivity contribution >= 4 is 28.6 Å². The van der Waals surface area contributed by atoms with Gasteiger partial charge in [-0.1, -0.05) is 24.3 Å². The Morgan fingerprint density at radius 3 is 2.42 bits per heavy atom. The molecule has 0 aliphatic heterocycles. The number of benzene rings is 1. The van der Waals surface area contributed by atoms with Crippen LogP contribution in [-0.2, 0) is 21.6 Å². The number of hydrogen-bond acceptors (Lipinski definition) is 7. The smallest absolute Gasteiger partial charge is 0.349 e. The monoisotopic (exact) mass is 520 g/mol. The lowest BCUT2D eigenvalue weighted by Gasteiger charge is -2.32. The lowest BCUT2D eigenvalue weighted by Crippen LogP contribution is -2.42. The maximum atomic E-state index is 13.5. The van der Waals surface area contributed by atoms with Crippen molar-refractivity contribution in [2.75, 3.05) is 13.6 Å². The number of nitriles is 1. The van der Waals surface area contributed by atoms with Crippen LogP contribution in [-0.4, -0.2) is 41.7 Å². The molecule has 7 heteroatoms. The predicted octanol–water partition coefficient (Wildman–Crippen LogP) is 5.58. The third-order valence-electron chi connectivity index (χ3n) is 7.97. The number of ether oxygens (including phenoxy) is 1. The first-order chi connectivity index (χ1) is 17.5. The topological polar surface area (TPSA) is 73.6 Å². The Morgan fingerprint density at radius 1 is 1.11 bits per heavy atom. The molecule has 4 atom stereocenters. The molecule has 188 valence electrons. The maximum absolute atomic E-state index is 13.5. The normalized spacial score (nSPS) is 23.2. The summed E-state index contributed by atoms with van der Waals surface area (Å²) in [5, 5.41) is 24.3. The Hall–Kier alpha value is -2.50. The van der Waals surface area contributed by atoms with E-state index >= 15 is 0 Å². The minimum Gasteiger partial charge on any atom is -0.459 e. The van der Waals surface area contributed by atoms with Crippen molar-refractivity contribution in [2.24, 2.45) is 11.8 Å². The lowest BCUT2D eigenvalue weighted by atomic mass is 9.94. The van der Waals surface area contributed by atoms with E-state index in [1.54, 1.807) is 0 Å². The van der Waals surface area contributed by atoms with E-state index in [1.165, 1.54) is 28.2 Å². The molecule has 1 N–H and O–H groups in total. The second-order valence-corrected chi connectivity index (χ2v) is 12.0. The van der Waals surface area contributed by atoms with Gasteiger partial charge in [-0.25, -0.2) is 4.79 Å². The third kappa shape index (κ3) is 4.88. The van der Waals surface area contributed by atoms with E-state index in [4.69, 9.17) is 10.00 Å². The fourth-order valence-corrected chi connectivity index (χ4v) is 7.74. The van der Waals surface area contributed by atoms with Crippen LogP contribution in [0.3, 0.4) is 0 Å². The standard InChI is InChI=1S/C29H32N2O3S2/c1-31(15-3-2-6-20-9-11-21(19-30)12-10-20)24-18-22-13-14-23(24)27(22)34-28(32)29(33,25-7-4-16-35-25)26-8-5-17-36-26/h4-5,7-12,16-17,22-24,27,33H,2-3,6,13-15,18H2,1H3. The molecule has 2 fully saturated rings. The van der Waals surface area contributed by atoms with Gasteiger partial charge in [-0.05, 0) is 98.6 Å². The number of unbranched alkanes of at least 4 members (excludes halogenated alkanes) is 1. The molecule has 5 rings (SSSR count). The first kappa shape index (κ1) is 25.2. The summed E-state index contributed by atoms with van der Waals surface area (Å²) < 4.78 is 6.17. The van der Waals surface area contributed by atoms with Crippen molar-refractivity contribution in [1.82, 2.24) is 4.90 Å². The molecule has 2 aliphatic carbocycles. The average molecular weight is 521 g/mol. The number of hydrogen-bond donors (Lipinski definition) is 1. The Kier molecular flexibility index (Phi) is 7.59. The van der Waals surface area contributed by atoms with Crippen LogP contribution in [0.25, 0.3) is 0 Å². The number of carbonyl (C=O) groups excluding carboxylic acids is 1. The molecule has 4 unspecified atom stereocenters. The number of aliphatic hydroxyl groups is 1. The van der Waals surface area contributed by atoms with Crippen molar-refractivity contribution in [3.63, 3.8) is 0 Å². The second-order valence-electron chi connectivity index (χ2n) is 10.1. The quantitative estimate of drug-likeness (QED) is 0.279. The Balaban J connectivity index is 1.18. The second kappa shape index (κ2) is 10.9. The van der Waals surface area contributed by atoms with Crippen molar-refractivity contribution in [3.05, 3.63) is 80.2 Å². The fourth-order valence-electron chi connectivity index (χ4n) is 6.03. The predicted molar refractivity (Wildman–Crippen MR) is 143 cm³/mol. The van der Waals surface area contributed by atoms with E-state index in [2.05, 4.69) is 18.0 Å². The zero-order valence-electron chi connectivity index (χ0n) is 20.5. The zero-order chi connectivity index (χ0) is 25.1. The van der Waals surface area contributed by atoms with Crippen LogP contribution >= 0.6 is 22.7 Å². The minimum atomic E-state index is -1.74. The van der Waals surface area contributed by atoms with E-state index in [-0.39, 0.29) is 6.10 Å². The van der Waals surface area contributed by atoms with E-state index in [0.29, 0.717) is 33.2 Å². The van der Waals surface area contributed by atoms with Crippen LogP contribution in [0.1, 0.15) is 53.0 Å². The van der Waals surface area contributed by atoms with Crippen LogP contribution in [0.5, 0.6) is 0 Å². The van der Waals surface area contributed by atoms with Crippen LogP contribution in [0.2, 0.25) is 0 Å². The van der Waals surface area contributed by atoms with Gasteiger partial charge in [0.2, 0.25) is 5.60 Å².